The lowest BCUT2D eigenvalue weighted by atomic mass is 10.0. The van der Waals surface area contributed by atoms with Crippen molar-refractivity contribution in [1.82, 2.24) is 4.90 Å². The molecule has 120 valence electrons. The van der Waals surface area contributed by atoms with E-state index in [0.717, 1.165) is 6.61 Å². The van der Waals surface area contributed by atoms with Crippen LogP contribution in [-0.2, 0) is 9.47 Å². The zero-order valence-electron chi connectivity index (χ0n) is 13.0. The Kier molecular flexibility index (Phi) is 3.80. The van der Waals surface area contributed by atoms with Crippen LogP contribution < -0.4 is 0 Å². The minimum absolute atomic E-state index is 0.0277. The fourth-order valence-electron chi connectivity index (χ4n) is 3.54. The molecule has 5 nitrogen and oxygen atoms in total. The van der Waals surface area contributed by atoms with Gasteiger partial charge >= 0.3 is 0 Å². The largest absolute Gasteiger partial charge is 0.379 e. The van der Waals surface area contributed by atoms with E-state index in [9.17, 15) is 4.79 Å². The number of rotatable bonds is 4. The number of carbonyl (C=O) groups is 1. The molecule has 0 spiro atoms. The van der Waals surface area contributed by atoms with Crippen molar-refractivity contribution in [2.24, 2.45) is 11.8 Å². The summed E-state index contributed by atoms with van der Waals surface area (Å²) in [7, 11) is 0. The summed E-state index contributed by atoms with van der Waals surface area (Å²) in [5.74, 6) is 0.963. The van der Waals surface area contributed by atoms with E-state index >= 15 is 0 Å². The average Bonchev–Trinajstić information content (AvgIpc) is 3.17. The highest BCUT2D eigenvalue weighted by Crippen LogP contribution is 2.35. The quantitative estimate of drug-likeness (QED) is 0.851. The Labute approximate surface area is 135 Å². The number of benzene rings is 1. The van der Waals surface area contributed by atoms with Crippen molar-refractivity contribution in [1.29, 1.82) is 5.26 Å². The third-order valence-corrected chi connectivity index (χ3v) is 5.09. The maximum absolute atomic E-state index is 12.9. The first-order valence-corrected chi connectivity index (χ1v) is 8.27. The van der Waals surface area contributed by atoms with Crippen LogP contribution in [0.15, 0.2) is 24.3 Å². The topological polar surface area (TPSA) is 62.6 Å². The number of hydrogen-bond acceptors (Lipinski definition) is 4. The number of likely N-dealkylation sites (tertiary alicyclic amines) is 1. The van der Waals surface area contributed by atoms with Crippen molar-refractivity contribution in [3.05, 3.63) is 35.4 Å². The number of fused-ring (bicyclic) bond motifs is 1. The molecule has 0 bridgehead atoms. The van der Waals surface area contributed by atoms with E-state index in [1.165, 1.54) is 12.8 Å². The minimum atomic E-state index is -0.0277. The van der Waals surface area contributed by atoms with Gasteiger partial charge in [-0.15, -0.1) is 0 Å². The first-order chi connectivity index (χ1) is 11.3. The predicted octanol–water partition coefficient (Wildman–Crippen LogP) is 1.82. The molecule has 3 fully saturated rings. The van der Waals surface area contributed by atoms with Crippen LogP contribution in [0.1, 0.15) is 28.8 Å². The lowest BCUT2D eigenvalue weighted by molar-refractivity contribution is 0.0141. The second-order valence-electron chi connectivity index (χ2n) is 6.73. The summed E-state index contributed by atoms with van der Waals surface area (Å²) in [5, 5.41) is 9.01. The van der Waals surface area contributed by atoms with Gasteiger partial charge in [0, 0.05) is 24.6 Å². The molecule has 0 aromatic heterocycles. The molecule has 1 aromatic carbocycles. The molecule has 2 saturated heterocycles. The molecule has 4 rings (SSSR count). The zero-order chi connectivity index (χ0) is 15.8. The van der Waals surface area contributed by atoms with Crippen molar-refractivity contribution in [2.75, 3.05) is 26.4 Å². The van der Waals surface area contributed by atoms with E-state index in [1.54, 1.807) is 24.3 Å². The lowest BCUT2D eigenvalue weighted by Crippen LogP contribution is -2.38. The number of nitriles is 1. The summed E-state index contributed by atoms with van der Waals surface area (Å²) < 4.78 is 11.7. The molecule has 23 heavy (non-hydrogen) atoms. The third kappa shape index (κ3) is 2.85. The molecular weight excluding hydrogens is 292 g/mol. The van der Waals surface area contributed by atoms with Crippen LogP contribution in [0.25, 0.3) is 0 Å². The Bertz CT molecular complexity index is 650. The van der Waals surface area contributed by atoms with Gasteiger partial charge in [0.25, 0.3) is 5.91 Å². The lowest BCUT2D eigenvalue weighted by Gasteiger charge is -2.22. The molecule has 1 aromatic rings. The van der Waals surface area contributed by atoms with E-state index in [0.29, 0.717) is 36.8 Å². The molecule has 1 saturated carbocycles. The molecule has 2 heterocycles. The molecule has 0 N–H and O–H groups in total. The SMILES string of the molecule is N#Cc1cccc(C(=O)N2C[C@@H](OCC3CC3)[C@@H]3COC[C@@H]32)c1. The van der Waals surface area contributed by atoms with Crippen molar-refractivity contribution in [3.8, 4) is 6.07 Å². The number of ether oxygens (including phenoxy) is 2. The second kappa shape index (κ2) is 5.95. The minimum Gasteiger partial charge on any atom is -0.379 e. The molecule has 2 aliphatic heterocycles. The Morgan fingerprint density at radius 3 is 3.04 bits per heavy atom. The highest BCUT2D eigenvalue weighted by Gasteiger charge is 2.48. The highest BCUT2D eigenvalue weighted by atomic mass is 16.5. The summed E-state index contributed by atoms with van der Waals surface area (Å²) in [4.78, 5) is 14.7. The van der Waals surface area contributed by atoms with Gasteiger partial charge in [0.1, 0.15) is 0 Å². The molecule has 1 amide bonds. The average molecular weight is 312 g/mol. The Hall–Kier alpha value is -1.90. The molecule has 3 aliphatic rings. The van der Waals surface area contributed by atoms with Crippen molar-refractivity contribution >= 4 is 5.91 Å². The van der Waals surface area contributed by atoms with Crippen molar-refractivity contribution in [2.45, 2.75) is 25.0 Å². The summed E-state index contributed by atoms with van der Waals surface area (Å²) >= 11 is 0. The monoisotopic (exact) mass is 312 g/mol. The Morgan fingerprint density at radius 2 is 2.26 bits per heavy atom. The van der Waals surface area contributed by atoms with E-state index < -0.39 is 0 Å². The predicted molar refractivity (Wildman–Crippen MR) is 82.8 cm³/mol. The van der Waals surface area contributed by atoms with Gasteiger partial charge in [-0.3, -0.25) is 4.79 Å². The van der Waals surface area contributed by atoms with Crippen LogP contribution in [0.5, 0.6) is 0 Å². The first-order valence-electron chi connectivity index (χ1n) is 8.27. The van der Waals surface area contributed by atoms with Crippen LogP contribution in [0.3, 0.4) is 0 Å². The fraction of sp³-hybridized carbons (Fsp3) is 0.556. The molecule has 0 unspecified atom stereocenters. The molecule has 0 radical (unpaired) electrons. The van der Waals surface area contributed by atoms with Crippen LogP contribution >= 0.6 is 0 Å². The van der Waals surface area contributed by atoms with Gasteiger partial charge in [0.2, 0.25) is 0 Å². The van der Waals surface area contributed by atoms with Gasteiger partial charge in [-0.05, 0) is 37.0 Å². The van der Waals surface area contributed by atoms with E-state index in [2.05, 4.69) is 6.07 Å². The normalized spacial score (nSPS) is 29.3. The maximum Gasteiger partial charge on any atom is 0.254 e. The van der Waals surface area contributed by atoms with Gasteiger partial charge < -0.3 is 14.4 Å². The number of amides is 1. The summed E-state index contributed by atoms with van der Waals surface area (Å²) in [5.41, 5.74) is 1.08. The molecule has 5 heteroatoms. The summed E-state index contributed by atoms with van der Waals surface area (Å²) in [6, 6.07) is 9.08. The first kappa shape index (κ1) is 14.7. The van der Waals surface area contributed by atoms with E-state index in [4.69, 9.17) is 14.7 Å². The van der Waals surface area contributed by atoms with E-state index in [1.807, 2.05) is 4.90 Å². The maximum atomic E-state index is 12.9. The standard InChI is InChI=1S/C18H20N2O3/c19-7-13-2-1-3-14(6-13)18(21)20-8-17(23-9-12-4-5-12)15-10-22-11-16(15)20/h1-3,6,12,15-17H,4-5,8-11H2/t15-,16+,17-/m1/s1. The number of carbonyl (C=O) groups excluding carboxylic acids is 1. The molecular formula is C18H20N2O3. The van der Waals surface area contributed by atoms with Gasteiger partial charge in [0.15, 0.2) is 0 Å². The van der Waals surface area contributed by atoms with Gasteiger partial charge in [-0.1, -0.05) is 6.07 Å². The van der Waals surface area contributed by atoms with Gasteiger partial charge in [0.05, 0.1) is 37.0 Å². The number of nitrogens with zero attached hydrogens (tertiary/aromatic N) is 2. The Morgan fingerprint density at radius 1 is 1.39 bits per heavy atom. The molecule has 1 aliphatic carbocycles. The van der Waals surface area contributed by atoms with Crippen molar-refractivity contribution in [3.63, 3.8) is 0 Å². The Balaban J connectivity index is 1.50. The molecule has 3 atom stereocenters. The summed E-state index contributed by atoms with van der Waals surface area (Å²) in [6.45, 7) is 2.68. The fourth-order valence-corrected chi connectivity index (χ4v) is 3.54. The van der Waals surface area contributed by atoms with Crippen LogP contribution in [0.2, 0.25) is 0 Å². The summed E-state index contributed by atoms with van der Waals surface area (Å²) in [6.07, 6.45) is 2.60. The smallest absolute Gasteiger partial charge is 0.254 e. The van der Waals surface area contributed by atoms with Gasteiger partial charge in [-0.2, -0.15) is 5.26 Å². The number of hydrogen-bond donors (Lipinski definition) is 0. The zero-order valence-corrected chi connectivity index (χ0v) is 13.0. The third-order valence-electron chi connectivity index (χ3n) is 5.09. The van der Waals surface area contributed by atoms with Crippen LogP contribution in [-0.4, -0.2) is 49.3 Å². The van der Waals surface area contributed by atoms with Crippen molar-refractivity contribution < 1.29 is 14.3 Å². The van der Waals surface area contributed by atoms with Gasteiger partial charge in [-0.25, -0.2) is 0 Å². The second-order valence-corrected chi connectivity index (χ2v) is 6.73. The van der Waals surface area contributed by atoms with E-state index in [-0.39, 0.29) is 24.0 Å². The van der Waals surface area contributed by atoms with Crippen LogP contribution in [0.4, 0.5) is 0 Å². The van der Waals surface area contributed by atoms with Crippen LogP contribution in [0, 0.1) is 23.2 Å². The highest BCUT2D eigenvalue weighted by molar-refractivity contribution is 5.95.